The molecule has 6 rings (SSSR count). The third-order valence-corrected chi connectivity index (χ3v) is 6.85. The van der Waals surface area contributed by atoms with Crippen LogP contribution in [-0.4, -0.2) is 11.9 Å². The van der Waals surface area contributed by atoms with Gasteiger partial charge in [0.2, 0.25) is 0 Å². The van der Waals surface area contributed by atoms with Crippen LogP contribution in [0.3, 0.4) is 0 Å². The average molecular weight is 559 g/mol. The number of rotatable bonds is 6. The zero-order valence-corrected chi connectivity index (χ0v) is 22.7. The quantitative estimate of drug-likeness (QED) is 0.116. The van der Waals surface area contributed by atoms with Gasteiger partial charge in [0.25, 0.3) is 0 Å². The smallest absolute Gasteiger partial charge is 0.346 e. The third-order valence-electron chi connectivity index (χ3n) is 6.85. The molecule has 0 aliphatic rings. The van der Waals surface area contributed by atoms with Gasteiger partial charge in [0, 0.05) is 21.9 Å². The normalized spacial score (nSPS) is 10.5. The lowest BCUT2D eigenvalue weighted by atomic mass is 10.0. The molecule has 0 N–H and O–H groups in total. The van der Waals surface area contributed by atoms with Crippen LogP contribution in [-0.2, 0) is 4.74 Å². The van der Waals surface area contributed by atoms with Gasteiger partial charge in [-0.2, -0.15) is 0 Å². The van der Waals surface area contributed by atoms with Crippen molar-refractivity contribution in [1.29, 1.82) is 0 Å². The maximum Gasteiger partial charge on any atom is 0.346 e. The molecular weight excluding hydrogens is 536 g/mol. The highest BCUT2D eigenvalue weighted by Gasteiger charge is 2.21. The number of benzene rings is 6. The van der Waals surface area contributed by atoms with E-state index in [1.807, 2.05) is 48.5 Å². The fourth-order valence-electron chi connectivity index (χ4n) is 4.82. The molecule has 0 atom stereocenters. The molecule has 0 aromatic heterocycles. The number of hydrogen-bond acceptors (Lipinski definition) is 5. The Balaban J connectivity index is 1.28. The second-order valence-corrected chi connectivity index (χ2v) is 9.54. The van der Waals surface area contributed by atoms with Crippen LogP contribution in [0.25, 0.3) is 21.5 Å². The Morgan fingerprint density at radius 2 is 0.907 bits per heavy atom. The van der Waals surface area contributed by atoms with Gasteiger partial charge in [0.1, 0.15) is 23.0 Å². The fourth-order valence-corrected chi connectivity index (χ4v) is 4.82. The Morgan fingerprint density at radius 1 is 0.488 bits per heavy atom. The highest BCUT2D eigenvalue weighted by Crippen LogP contribution is 2.35. The van der Waals surface area contributed by atoms with Crippen LogP contribution in [0.1, 0.15) is 31.8 Å². The Morgan fingerprint density at radius 3 is 1.33 bits per heavy atom. The number of hydrogen-bond donors (Lipinski definition) is 0. The van der Waals surface area contributed by atoms with Gasteiger partial charge in [-0.15, -0.1) is 12.8 Å². The Labute approximate surface area is 248 Å². The van der Waals surface area contributed by atoms with E-state index < -0.39 is 11.9 Å². The highest BCUT2D eigenvalue weighted by molar-refractivity contribution is 6.14. The van der Waals surface area contributed by atoms with Crippen molar-refractivity contribution in [3.8, 4) is 47.7 Å². The van der Waals surface area contributed by atoms with Crippen molar-refractivity contribution in [1.82, 2.24) is 0 Å². The molecule has 0 unspecified atom stereocenters. The minimum Gasteiger partial charge on any atom is -0.457 e. The number of carbonyl (C=O) groups is 2. The summed E-state index contributed by atoms with van der Waals surface area (Å²) >= 11 is 0. The van der Waals surface area contributed by atoms with Crippen LogP contribution in [0.2, 0.25) is 0 Å². The molecule has 0 aliphatic carbocycles. The topological polar surface area (TPSA) is 61.8 Å². The number of terminal acetylenes is 2. The molecule has 43 heavy (non-hydrogen) atoms. The van der Waals surface area contributed by atoms with Crippen LogP contribution < -0.4 is 9.47 Å². The van der Waals surface area contributed by atoms with Crippen molar-refractivity contribution in [3.05, 3.63) is 144 Å². The summed E-state index contributed by atoms with van der Waals surface area (Å²) in [4.78, 5) is 26.7. The van der Waals surface area contributed by atoms with Gasteiger partial charge in [0.15, 0.2) is 0 Å². The molecule has 5 heteroatoms. The van der Waals surface area contributed by atoms with E-state index in [4.69, 9.17) is 27.1 Å². The van der Waals surface area contributed by atoms with Gasteiger partial charge in [-0.3, -0.25) is 0 Å². The lowest BCUT2D eigenvalue weighted by Crippen LogP contribution is -2.14. The summed E-state index contributed by atoms with van der Waals surface area (Å²) < 4.78 is 17.6. The van der Waals surface area contributed by atoms with Gasteiger partial charge < -0.3 is 14.2 Å². The average Bonchev–Trinajstić information content (AvgIpc) is 3.05. The lowest BCUT2D eigenvalue weighted by molar-refractivity contribution is 0.0400. The fraction of sp³-hybridized carbons (Fsp3) is 0. The van der Waals surface area contributed by atoms with Crippen LogP contribution in [0.15, 0.2) is 121 Å². The molecule has 0 bridgehead atoms. The monoisotopic (exact) mass is 558 g/mol. The second kappa shape index (κ2) is 11.7. The predicted molar refractivity (Wildman–Crippen MR) is 167 cm³/mol. The molecule has 0 fully saturated rings. The summed E-state index contributed by atoms with van der Waals surface area (Å²) in [5.41, 5.74) is 1.83. The standard InChI is InChI=1S/C38H22O5/c1-3-25-11-9-13-27(23-25)41-35-21-19-33(29-15-5-7-17-31(29)35)37(39)43-38(40)34-20-22-36(32-18-8-6-16-30(32)34)42-28-14-10-12-26(4-2)24-28/h1-2,5-24H. The van der Waals surface area contributed by atoms with Gasteiger partial charge in [0.05, 0.1) is 11.1 Å². The molecule has 0 spiro atoms. The molecule has 5 nitrogen and oxygen atoms in total. The summed E-state index contributed by atoms with van der Waals surface area (Å²) in [7, 11) is 0. The largest absolute Gasteiger partial charge is 0.457 e. The molecule has 0 radical (unpaired) electrons. The van der Waals surface area contributed by atoms with E-state index in [1.54, 1.807) is 72.8 Å². The summed E-state index contributed by atoms with van der Waals surface area (Å²) in [5.74, 6) is 5.80. The summed E-state index contributed by atoms with van der Waals surface area (Å²) in [5, 5.41) is 2.51. The first-order chi connectivity index (χ1) is 21.0. The molecule has 0 saturated heterocycles. The first-order valence-corrected chi connectivity index (χ1v) is 13.3. The molecular formula is C38H22O5. The van der Waals surface area contributed by atoms with Gasteiger partial charge in [-0.25, -0.2) is 9.59 Å². The Bertz CT molecular complexity index is 1980. The summed E-state index contributed by atoms with van der Waals surface area (Å²) in [6, 6.07) is 35.3. The number of esters is 2. The maximum absolute atomic E-state index is 13.4. The van der Waals surface area contributed by atoms with Crippen LogP contribution in [0, 0.1) is 24.7 Å². The summed E-state index contributed by atoms with van der Waals surface area (Å²) in [6.07, 6.45) is 11.0. The van der Waals surface area contributed by atoms with Crippen LogP contribution in [0.5, 0.6) is 23.0 Å². The predicted octanol–water partition coefficient (Wildman–Crippen LogP) is 8.54. The van der Waals surface area contributed by atoms with Crippen molar-refractivity contribution in [2.75, 3.05) is 0 Å². The lowest BCUT2D eigenvalue weighted by Gasteiger charge is -2.13. The van der Waals surface area contributed by atoms with E-state index in [-0.39, 0.29) is 11.1 Å². The van der Waals surface area contributed by atoms with E-state index in [0.717, 1.165) is 0 Å². The highest BCUT2D eigenvalue weighted by atomic mass is 16.6. The van der Waals surface area contributed by atoms with Gasteiger partial charge in [-0.1, -0.05) is 72.5 Å². The van der Waals surface area contributed by atoms with E-state index in [9.17, 15) is 9.59 Å². The van der Waals surface area contributed by atoms with Crippen molar-refractivity contribution in [2.45, 2.75) is 0 Å². The van der Waals surface area contributed by atoms with Crippen molar-refractivity contribution >= 4 is 33.5 Å². The van der Waals surface area contributed by atoms with E-state index in [2.05, 4.69) is 11.8 Å². The van der Waals surface area contributed by atoms with Crippen molar-refractivity contribution in [3.63, 3.8) is 0 Å². The molecule has 0 aliphatic heterocycles. The maximum atomic E-state index is 13.4. The molecule has 0 amide bonds. The minimum absolute atomic E-state index is 0.228. The molecule has 0 saturated carbocycles. The second-order valence-electron chi connectivity index (χ2n) is 9.54. The van der Waals surface area contributed by atoms with Crippen LogP contribution in [0.4, 0.5) is 0 Å². The molecule has 6 aromatic rings. The minimum atomic E-state index is -0.780. The van der Waals surface area contributed by atoms with Crippen molar-refractivity contribution < 1.29 is 23.8 Å². The van der Waals surface area contributed by atoms with Gasteiger partial charge in [-0.05, 0) is 71.4 Å². The Kier molecular flexibility index (Phi) is 7.30. The first-order valence-electron chi connectivity index (χ1n) is 13.3. The molecule has 0 heterocycles. The molecule has 6 aromatic carbocycles. The summed E-state index contributed by atoms with van der Waals surface area (Å²) in [6.45, 7) is 0. The van der Waals surface area contributed by atoms with Crippen molar-refractivity contribution in [2.24, 2.45) is 0 Å². The Hall–Kier alpha value is -6.30. The first kappa shape index (κ1) is 26.9. The zero-order valence-electron chi connectivity index (χ0n) is 22.7. The number of carbonyl (C=O) groups excluding carboxylic acids is 2. The van der Waals surface area contributed by atoms with E-state index in [1.165, 1.54) is 0 Å². The van der Waals surface area contributed by atoms with E-state index >= 15 is 0 Å². The zero-order chi connectivity index (χ0) is 29.8. The number of fused-ring (bicyclic) bond motifs is 2. The number of ether oxygens (including phenoxy) is 3. The van der Waals surface area contributed by atoms with Gasteiger partial charge >= 0.3 is 11.9 Å². The SMILES string of the molecule is C#Cc1cccc(Oc2ccc(C(=O)OC(=O)c3ccc(Oc4cccc(C#C)c4)c4ccccc34)c3ccccc23)c1. The third kappa shape index (κ3) is 5.52. The van der Waals surface area contributed by atoms with Crippen LogP contribution >= 0.6 is 0 Å². The van der Waals surface area contributed by atoms with E-state index in [0.29, 0.717) is 55.7 Å². The molecule has 204 valence electrons.